The molecule has 0 aromatic carbocycles. The highest BCUT2D eigenvalue weighted by Crippen LogP contribution is 2.34. The van der Waals surface area contributed by atoms with Gasteiger partial charge in [0.25, 0.3) is 0 Å². The fourth-order valence-electron chi connectivity index (χ4n) is 2.63. The number of ether oxygens (including phenoxy) is 1. The summed E-state index contributed by atoms with van der Waals surface area (Å²) in [6.45, 7) is 2.08. The zero-order valence-corrected chi connectivity index (χ0v) is 11.9. The first-order valence-corrected chi connectivity index (χ1v) is 7.23. The van der Waals surface area contributed by atoms with Crippen LogP contribution in [0.25, 0.3) is 10.7 Å². The van der Waals surface area contributed by atoms with Crippen molar-refractivity contribution in [2.75, 3.05) is 7.11 Å². The molecule has 19 heavy (non-hydrogen) atoms. The lowest BCUT2D eigenvalue weighted by atomic mass is 10.0. The van der Waals surface area contributed by atoms with Crippen molar-refractivity contribution in [2.45, 2.75) is 32.2 Å². The number of hydrogen-bond donors (Lipinski definition) is 0. The second kappa shape index (κ2) is 4.81. The van der Waals surface area contributed by atoms with Gasteiger partial charge < -0.3 is 9.30 Å². The van der Waals surface area contributed by atoms with E-state index < -0.39 is 0 Å². The number of esters is 1. The number of fused-ring (bicyclic) bond motifs is 1. The van der Waals surface area contributed by atoms with Gasteiger partial charge in [0.15, 0.2) is 5.82 Å². The molecule has 0 amide bonds. The molecule has 0 fully saturated rings. The molecule has 0 spiro atoms. The molecule has 0 aliphatic carbocycles. The summed E-state index contributed by atoms with van der Waals surface area (Å²) in [5.74, 6) is 0.719. The van der Waals surface area contributed by atoms with E-state index in [1.54, 1.807) is 11.3 Å². The molecular weight excluding hydrogens is 260 g/mol. The molecule has 3 rings (SSSR count). The van der Waals surface area contributed by atoms with Gasteiger partial charge in [-0.2, -0.15) is 0 Å². The molecule has 0 radical (unpaired) electrons. The lowest BCUT2D eigenvalue weighted by Crippen LogP contribution is -2.26. The minimum absolute atomic E-state index is 0.173. The molecule has 5 heteroatoms. The molecule has 2 aromatic rings. The smallest absolute Gasteiger partial charge is 0.328 e. The lowest BCUT2D eigenvalue weighted by molar-refractivity contribution is -0.145. The molecule has 1 aliphatic rings. The fourth-order valence-corrected chi connectivity index (χ4v) is 3.49. The highest BCUT2D eigenvalue weighted by molar-refractivity contribution is 7.15. The number of carbonyl (C=O) groups is 1. The van der Waals surface area contributed by atoms with Crippen LogP contribution in [-0.2, 0) is 16.0 Å². The van der Waals surface area contributed by atoms with Crippen molar-refractivity contribution in [3.63, 3.8) is 0 Å². The van der Waals surface area contributed by atoms with E-state index in [2.05, 4.69) is 28.6 Å². The molecule has 1 atom stereocenters. The third-order valence-corrected chi connectivity index (χ3v) is 4.53. The average molecular weight is 276 g/mol. The summed E-state index contributed by atoms with van der Waals surface area (Å²) in [5.41, 5.74) is 1.13. The predicted octanol–water partition coefficient (Wildman–Crippen LogP) is 2.97. The van der Waals surface area contributed by atoms with Crippen LogP contribution in [0.2, 0.25) is 0 Å². The summed E-state index contributed by atoms with van der Waals surface area (Å²) in [6.07, 6.45) is 4.70. The van der Waals surface area contributed by atoms with E-state index in [9.17, 15) is 4.79 Å². The number of carbonyl (C=O) groups excluding carboxylic acids is 1. The Kier molecular flexibility index (Phi) is 3.14. The maximum Gasteiger partial charge on any atom is 0.328 e. The summed E-state index contributed by atoms with van der Waals surface area (Å²) < 4.78 is 6.98. The van der Waals surface area contributed by atoms with Gasteiger partial charge >= 0.3 is 5.97 Å². The number of rotatable bonds is 2. The first kappa shape index (κ1) is 12.4. The zero-order chi connectivity index (χ0) is 13.4. The van der Waals surface area contributed by atoms with E-state index in [4.69, 9.17) is 4.74 Å². The number of hydrogen-bond acceptors (Lipinski definition) is 4. The van der Waals surface area contributed by atoms with Crippen molar-refractivity contribution >= 4 is 17.3 Å². The van der Waals surface area contributed by atoms with Gasteiger partial charge in [0.1, 0.15) is 6.04 Å². The number of imidazole rings is 1. The van der Waals surface area contributed by atoms with Crippen LogP contribution < -0.4 is 0 Å². The van der Waals surface area contributed by atoms with Crippen molar-refractivity contribution in [1.82, 2.24) is 9.55 Å². The minimum atomic E-state index is -0.228. The van der Waals surface area contributed by atoms with Gasteiger partial charge in [-0.25, -0.2) is 9.78 Å². The monoisotopic (exact) mass is 276 g/mol. The van der Waals surface area contributed by atoms with Gasteiger partial charge in [-0.05, 0) is 38.3 Å². The standard InChI is InChI=1S/C14H16N2O2S/c1-9-6-7-12(19-9)13-15-8-10-4-3-5-11(16(10)13)14(17)18-2/h6-8,11H,3-5H2,1-2H3. The second-order valence-corrected chi connectivity index (χ2v) is 6.07. The normalized spacial score (nSPS) is 18.1. The van der Waals surface area contributed by atoms with E-state index in [0.717, 1.165) is 35.7 Å². The minimum Gasteiger partial charge on any atom is -0.467 e. The molecule has 4 nitrogen and oxygen atoms in total. The Morgan fingerprint density at radius 1 is 1.53 bits per heavy atom. The largest absolute Gasteiger partial charge is 0.467 e. The highest BCUT2D eigenvalue weighted by atomic mass is 32.1. The zero-order valence-electron chi connectivity index (χ0n) is 11.0. The maximum absolute atomic E-state index is 11.9. The molecule has 0 N–H and O–H groups in total. The van der Waals surface area contributed by atoms with Gasteiger partial charge in [0, 0.05) is 16.8 Å². The average Bonchev–Trinajstić information content (AvgIpc) is 3.03. The number of aryl methyl sites for hydroxylation is 2. The Balaban J connectivity index is 2.09. The first-order valence-electron chi connectivity index (χ1n) is 6.41. The quantitative estimate of drug-likeness (QED) is 0.792. The van der Waals surface area contributed by atoms with Gasteiger partial charge in [-0.3, -0.25) is 0 Å². The van der Waals surface area contributed by atoms with Gasteiger partial charge in [0.05, 0.1) is 12.0 Å². The molecule has 0 saturated heterocycles. The maximum atomic E-state index is 11.9. The molecule has 0 saturated carbocycles. The van der Waals surface area contributed by atoms with Crippen LogP contribution in [0.5, 0.6) is 0 Å². The van der Waals surface area contributed by atoms with Crippen LogP contribution in [0, 0.1) is 6.92 Å². The van der Waals surface area contributed by atoms with Gasteiger partial charge in [-0.1, -0.05) is 0 Å². The number of nitrogens with zero attached hydrogens (tertiary/aromatic N) is 2. The van der Waals surface area contributed by atoms with Crippen LogP contribution >= 0.6 is 11.3 Å². The van der Waals surface area contributed by atoms with E-state index in [1.165, 1.54) is 12.0 Å². The van der Waals surface area contributed by atoms with E-state index in [-0.39, 0.29) is 12.0 Å². The van der Waals surface area contributed by atoms with Crippen molar-refractivity contribution < 1.29 is 9.53 Å². The summed E-state index contributed by atoms with van der Waals surface area (Å²) in [5, 5.41) is 0. The predicted molar refractivity (Wildman–Crippen MR) is 74.3 cm³/mol. The van der Waals surface area contributed by atoms with Crippen molar-refractivity contribution in [2.24, 2.45) is 0 Å². The van der Waals surface area contributed by atoms with Crippen LogP contribution in [0.3, 0.4) is 0 Å². The van der Waals surface area contributed by atoms with E-state index in [1.807, 2.05) is 6.20 Å². The van der Waals surface area contributed by atoms with Crippen LogP contribution in [0.1, 0.15) is 29.5 Å². The van der Waals surface area contributed by atoms with E-state index >= 15 is 0 Å². The first-order chi connectivity index (χ1) is 9.20. The third-order valence-electron chi connectivity index (χ3n) is 3.53. The Morgan fingerprint density at radius 3 is 3.05 bits per heavy atom. The van der Waals surface area contributed by atoms with Crippen molar-refractivity contribution in [3.8, 4) is 10.7 Å². The summed E-state index contributed by atoms with van der Waals surface area (Å²) in [4.78, 5) is 18.8. The number of thiophene rings is 1. The van der Waals surface area contributed by atoms with E-state index in [0.29, 0.717) is 0 Å². The highest BCUT2D eigenvalue weighted by Gasteiger charge is 2.30. The summed E-state index contributed by atoms with van der Waals surface area (Å²) in [6, 6.07) is 3.92. The fraction of sp³-hybridized carbons (Fsp3) is 0.429. The van der Waals surface area contributed by atoms with Gasteiger partial charge in [-0.15, -0.1) is 11.3 Å². The SMILES string of the molecule is COC(=O)C1CCCc2cnc(-c3ccc(C)s3)n21. The lowest BCUT2D eigenvalue weighted by Gasteiger charge is -2.24. The number of methoxy groups -OCH3 is 1. The summed E-state index contributed by atoms with van der Waals surface area (Å²) in [7, 11) is 1.45. The Bertz CT molecular complexity index is 615. The molecule has 0 bridgehead atoms. The molecule has 2 aromatic heterocycles. The number of aromatic nitrogens is 2. The molecule has 1 unspecified atom stereocenters. The Morgan fingerprint density at radius 2 is 2.37 bits per heavy atom. The van der Waals surface area contributed by atoms with Crippen LogP contribution in [0.15, 0.2) is 18.3 Å². The van der Waals surface area contributed by atoms with Crippen LogP contribution in [-0.4, -0.2) is 22.6 Å². The molecule has 3 heterocycles. The molecular formula is C14H16N2O2S. The topological polar surface area (TPSA) is 44.1 Å². The molecule has 1 aliphatic heterocycles. The van der Waals surface area contributed by atoms with Crippen molar-refractivity contribution in [1.29, 1.82) is 0 Å². The second-order valence-electron chi connectivity index (χ2n) is 4.78. The van der Waals surface area contributed by atoms with Gasteiger partial charge in [0.2, 0.25) is 0 Å². The summed E-state index contributed by atoms with van der Waals surface area (Å²) >= 11 is 1.70. The van der Waals surface area contributed by atoms with Crippen LogP contribution in [0.4, 0.5) is 0 Å². The Hall–Kier alpha value is -1.62. The molecule has 100 valence electrons. The van der Waals surface area contributed by atoms with Crippen molar-refractivity contribution in [3.05, 3.63) is 28.9 Å². The third kappa shape index (κ3) is 2.08. The Labute approximate surface area is 116 Å².